The molecule has 1 atom stereocenters. The summed E-state index contributed by atoms with van der Waals surface area (Å²) in [6, 6.07) is 15.6. The second-order valence-corrected chi connectivity index (χ2v) is 19.3. The van der Waals surface area contributed by atoms with Crippen LogP contribution in [0.1, 0.15) is 92.5 Å². The first kappa shape index (κ1) is 53.6. The van der Waals surface area contributed by atoms with Gasteiger partial charge in [-0.2, -0.15) is 0 Å². The van der Waals surface area contributed by atoms with Crippen molar-refractivity contribution in [1.29, 1.82) is 0 Å². The molecular formula is C51H62ClN13O7S. The van der Waals surface area contributed by atoms with Gasteiger partial charge in [0.15, 0.2) is 11.6 Å². The molecule has 0 fully saturated rings. The predicted molar refractivity (Wildman–Crippen MR) is 280 cm³/mol. The fourth-order valence-electron chi connectivity index (χ4n) is 8.09. The average Bonchev–Trinajstić information content (AvgIpc) is 4.12. The summed E-state index contributed by atoms with van der Waals surface area (Å²) in [5.41, 5.74) is 5.20. The monoisotopic (exact) mass is 1040 g/mol. The molecular weight excluding hydrogens is 974 g/mol. The predicted octanol–water partition coefficient (Wildman–Crippen LogP) is 5.70. The summed E-state index contributed by atoms with van der Waals surface area (Å²) in [4.78, 5) is 76.0. The second-order valence-electron chi connectivity index (χ2n) is 17.6. The van der Waals surface area contributed by atoms with Gasteiger partial charge in [0.1, 0.15) is 34.9 Å². The number of halogens is 1. The third kappa shape index (κ3) is 14.5. The average molecular weight is 1040 g/mol. The lowest BCUT2D eigenvalue weighted by molar-refractivity contribution is -0.122. The minimum atomic E-state index is -0.594. The van der Waals surface area contributed by atoms with Crippen LogP contribution in [0.15, 0.2) is 78.2 Å². The lowest BCUT2D eigenvalue weighted by atomic mass is 9.99. The molecule has 386 valence electrons. The highest BCUT2D eigenvalue weighted by Crippen LogP contribution is 2.39. The van der Waals surface area contributed by atoms with E-state index in [0.717, 1.165) is 59.2 Å². The van der Waals surface area contributed by atoms with Gasteiger partial charge in [0.2, 0.25) is 17.7 Å². The topological polar surface area (TPSA) is 233 Å². The van der Waals surface area contributed by atoms with Crippen LogP contribution in [0.5, 0.6) is 5.75 Å². The third-order valence-electron chi connectivity index (χ3n) is 12.1. The summed E-state index contributed by atoms with van der Waals surface area (Å²) in [5.74, 6) is 0.949. The zero-order valence-electron chi connectivity index (χ0n) is 41.9. The van der Waals surface area contributed by atoms with E-state index in [-0.39, 0.29) is 74.4 Å². The summed E-state index contributed by atoms with van der Waals surface area (Å²) in [7, 11) is 5.40. The maximum Gasteiger partial charge on any atom is 0.291 e. The standard InChI is InChI=1S/C51H62ClN13O7S/c1-32-33(2)73-51-45(32)46(35-9-11-36(52)12-10-35)59-40(47-61-60-34(3)65(47)51)30-44(68)57-37-13-15-39(16-14-37)72-28-27-71-26-18-43(67)54-20-8-24-62(4)23-7-19-53-42(66)17-21-56-49(69)41-29-38(31-64(41)6)58-50(70)48-55-22-25-63(48)5/h9-16,22,25,29,31,40H,7-8,17-21,23-24,26-28,30H2,1-6H3,(H,53,66)(H,54,67)(H,56,69)(H,57,68)(H,58,70)/t40-/m0/s1. The van der Waals surface area contributed by atoms with Crippen molar-refractivity contribution >= 4 is 69.6 Å². The minimum absolute atomic E-state index is 0.0461. The van der Waals surface area contributed by atoms with E-state index < -0.39 is 6.04 Å². The van der Waals surface area contributed by atoms with Gasteiger partial charge in [-0.25, -0.2) is 4.98 Å². The maximum absolute atomic E-state index is 13.5. The highest BCUT2D eigenvalue weighted by molar-refractivity contribution is 7.15. The molecule has 0 radical (unpaired) electrons. The number of aliphatic imine (C=N–C) groups is 1. The van der Waals surface area contributed by atoms with Gasteiger partial charge in [0.05, 0.1) is 31.0 Å². The van der Waals surface area contributed by atoms with E-state index in [1.807, 2.05) is 42.8 Å². The van der Waals surface area contributed by atoms with Crippen molar-refractivity contribution in [1.82, 2.24) is 49.7 Å². The fraction of sp³-hybridized carbons (Fsp3) is 0.392. The Kier molecular flexibility index (Phi) is 18.7. The van der Waals surface area contributed by atoms with Crippen LogP contribution in [0.2, 0.25) is 5.02 Å². The smallest absolute Gasteiger partial charge is 0.291 e. The van der Waals surface area contributed by atoms with Crippen LogP contribution >= 0.6 is 22.9 Å². The highest BCUT2D eigenvalue weighted by atomic mass is 35.5. The van der Waals surface area contributed by atoms with Crippen LogP contribution in [-0.4, -0.2) is 129 Å². The number of carbonyl (C=O) groups excluding carboxylic acids is 5. The number of aromatic nitrogens is 6. The first-order valence-corrected chi connectivity index (χ1v) is 25.3. The van der Waals surface area contributed by atoms with Gasteiger partial charge >= 0.3 is 0 Å². The fourth-order valence-corrected chi connectivity index (χ4v) is 9.43. The number of ether oxygens (including phenoxy) is 2. The molecule has 1 aliphatic rings. The molecule has 0 unspecified atom stereocenters. The van der Waals surface area contributed by atoms with Crippen molar-refractivity contribution in [2.45, 2.75) is 58.9 Å². The van der Waals surface area contributed by atoms with Crippen molar-refractivity contribution < 1.29 is 33.4 Å². The number of hydrogen-bond donors (Lipinski definition) is 5. The molecule has 0 spiro atoms. The number of fused-ring (bicyclic) bond motifs is 3. The van der Waals surface area contributed by atoms with Crippen LogP contribution in [0, 0.1) is 20.8 Å². The number of imidazole rings is 1. The summed E-state index contributed by atoms with van der Waals surface area (Å²) < 4.78 is 16.7. The molecule has 7 rings (SSSR count). The molecule has 1 aliphatic heterocycles. The number of carbonyl (C=O) groups is 5. The molecule has 6 aromatic rings. The molecule has 22 heteroatoms. The quantitative estimate of drug-likeness (QED) is 0.0437. The Bertz CT molecular complexity index is 2920. The highest BCUT2D eigenvalue weighted by Gasteiger charge is 2.32. The number of hydrogen-bond acceptors (Lipinski definition) is 13. The number of amides is 5. The molecule has 2 aromatic carbocycles. The molecule has 20 nitrogen and oxygen atoms in total. The second kappa shape index (κ2) is 25.5. The van der Waals surface area contributed by atoms with Gasteiger partial charge in [-0.05, 0) is 102 Å². The molecule has 5 N–H and O–H groups in total. The Hall–Kier alpha value is -7.20. The lowest BCUT2D eigenvalue weighted by Gasteiger charge is -2.17. The number of aryl methyl sites for hydroxylation is 4. The van der Waals surface area contributed by atoms with Crippen molar-refractivity contribution in [2.24, 2.45) is 19.1 Å². The van der Waals surface area contributed by atoms with Crippen molar-refractivity contribution in [3.63, 3.8) is 0 Å². The van der Waals surface area contributed by atoms with Crippen LogP contribution in [-0.2, 0) is 33.2 Å². The molecule has 4 aromatic heterocycles. The van der Waals surface area contributed by atoms with E-state index in [0.29, 0.717) is 53.4 Å². The Morgan fingerprint density at radius 3 is 2.19 bits per heavy atom. The third-order valence-corrected chi connectivity index (χ3v) is 13.5. The number of anilines is 2. The van der Waals surface area contributed by atoms with Crippen LogP contribution in [0.25, 0.3) is 5.00 Å². The Labute approximate surface area is 432 Å². The zero-order valence-corrected chi connectivity index (χ0v) is 43.5. The first-order valence-electron chi connectivity index (χ1n) is 24.1. The summed E-state index contributed by atoms with van der Waals surface area (Å²) >= 11 is 7.90. The number of nitrogens with one attached hydrogen (secondary N) is 5. The van der Waals surface area contributed by atoms with E-state index in [2.05, 4.69) is 60.5 Å². The molecule has 0 saturated heterocycles. The number of benzene rings is 2. The lowest BCUT2D eigenvalue weighted by Crippen LogP contribution is -2.33. The van der Waals surface area contributed by atoms with Gasteiger partial charge in [-0.3, -0.25) is 33.5 Å². The zero-order chi connectivity index (χ0) is 52.0. The molecule has 0 bridgehead atoms. The summed E-state index contributed by atoms with van der Waals surface area (Å²) in [6.45, 7) is 9.67. The Morgan fingerprint density at radius 2 is 1.49 bits per heavy atom. The normalized spacial score (nSPS) is 12.9. The molecule has 5 heterocycles. The Morgan fingerprint density at radius 1 is 0.781 bits per heavy atom. The van der Waals surface area contributed by atoms with Crippen molar-refractivity contribution in [3.8, 4) is 10.8 Å². The van der Waals surface area contributed by atoms with Crippen LogP contribution in [0.3, 0.4) is 0 Å². The molecule has 5 amide bonds. The SMILES string of the molecule is Cc1sc2c(c1C)C(c1ccc(Cl)cc1)=N[C@@H](CC(=O)Nc1ccc(OCCOCCC(=O)NCCCN(C)CCCNC(=O)CCNC(=O)c3cc(NC(=O)c4nccn4C)cn3C)cc1)c1nnc(C)n1-2. The van der Waals surface area contributed by atoms with E-state index in [9.17, 15) is 24.0 Å². The van der Waals surface area contributed by atoms with Crippen LogP contribution in [0.4, 0.5) is 11.4 Å². The van der Waals surface area contributed by atoms with E-state index in [1.165, 1.54) is 11.1 Å². The molecule has 73 heavy (non-hydrogen) atoms. The van der Waals surface area contributed by atoms with Crippen LogP contribution < -0.4 is 31.3 Å². The Balaban J connectivity index is 0.713. The van der Waals surface area contributed by atoms with Gasteiger partial charge in [0, 0.05) is 91.9 Å². The number of rotatable bonds is 25. The largest absolute Gasteiger partial charge is 0.491 e. The number of nitrogens with zero attached hydrogens (tertiary/aromatic N) is 8. The maximum atomic E-state index is 13.5. The summed E-state index contributed by atoms with van der Waals surface area (Å²) in [6.07, 6.45) is 6.75. The van der Waals surface area contributed by atoms with Gasteiger partial charge in [-0.1, -0.05) is 23.7 Å². The van der Waals surface area contributed by atoms with E-state index >= 15 is 0 Å². The molecule has 0 aliphatic carbocycles. The first-order chi connectivity index (χ1) is 35.1. The minimum Gasteiger partial charge on any atom is -0.491 e. The summed E-state index contributed by atoms with van der Waals surface area (Å²) in [5, 5.41) is 24.8. The number of thiophene rings is 1. The molecule has 0 saturated carbocycles. The van der Waals surface area contributed by atoms with Crippen molar-refractivity contribution in [3.05, 3.63) is 123 Å². The van der Waals surface area contributed by atoms with Gasteiger partial charge in [0.25, 0.3) is 11.8 Å². The van der Waals surface area contributed by atoms with Gasteiger partial charge in [-0.15, -0.1) is 21.5 Å². The van der Waals surface area contributed by atoms with Crippen molar-refractivity contribution in [2.75, 3.05) is 70.2 Å². The van der Waals surface area contributed by atoms with Gasteiger partial charge < -0.3 is 50.1 Å². The van der Waals surface area contributed by atoms with E-state index in [4.69, 9.17) is 26.1 Å². The van der Waals surface area contributed by atoms with E-state index in [1.54, 1.807) is 77.3 Å².